The smallest absolute Gasteiger partial charge is 0.149 e. The van der Waals surface area contributed by atoms with E-state index in [4.69, 9.17) is 9.47 Å². The van der Waals surface area contributed by atoms with Crippen molar-refractivity contribution >= 4 is 9.84 Å². The van der Waals surface area contributed by atoms with Crippen LogP contribution in [0.5, 0.6) is 0 Å². The summed E-state index contributed by atoms with van der Waals surface area (Å²) in [6.07, 6.45) is 1.19. The van der Waals surface area contributed by atoms with Crippen molar-refractivity contribution in [2.24, 2.45) is 0 Å². The summed E-state index contributed by atoms with van der Waals surface area (Å²) in [5.41, 5.74) is 0. The van der Waals surface area contributed by atoms with Crippen LogP contribution in [0.2, 0.25) is 0 Å². The van der Waals surface area contributed by atoms with Crippen LogP contribution in [0.4, 0.5) is 0 Å². The number of sulfone groups is 1. The first-order valence-electron chi connectivity index (χ1n) is 3.30. The van der Waals surface area contributed by atoms with Crippen LogP contribution in [0.1, 0.15) is 0 Å². The second kappa shape index (κ2) is 5.51. The van der Waals surface area contributed by atoms with Gasteiger partial charge in [-0.1, -0.05) is 0 Å². The van der Waals surface area contributed by atoms with Crippen LogP contribution < -0.4 is 0 Å². The lowest BCUT2D eigenvalue weighted by atomic mass is 10.7. The maximum Gasteiger partial charge on any atom is 0.149 e. The fourth-order valence-electron chi connectivity index (χ4n) is 0.455. The number of rotatable bonds is 6. The molecule has 0 saturated heterocycles. The third-order valence-corrected chi connectivity index (χ3v) is 1.94. The highest BCUT2D eigenvalue weighted by molar-refractivity contribution is 7.90. The largest absolute Gasteiger partial charge is 0.382 e. The van der Waals surface area contributed by atoms with Gasteiger partial charge in [0, 0.05) is 13.4 Å². The molecule has 0 saturated carbocycles. The average molecular weight is 182 g/mol. The SMILES string of the molecule is COCCOCCS(C)(=O)=O. The maximum atomic E-state index is 10.6. The molecule has 0 rings (SSSR count). The average Bonchev–Trinajstić information content (AvgIpc) is 1.85. The molecule has 0 radical (unpaired) electrons. The van der Waals surface area contributed by atoms with Crippen LogP contribution in [-0.2, 0) is 19.3 Å². The first kappa shape index (κ1) is 10.9. The Balaban J connectivity index is 3.16. The third-order valence-electron chi connectivity index (χ3n) is 1.03. The quantitative estimate of drug-likeness (QED) is 0.529. The van der Waals surface area contributed by atoms with E-state index in [0.717, 1.165) is 0 Å². The van der Waals surface area contributed by atoms with Gasteiger partial charge in [0.15, 0.2) is 0 Å². The fourth-order valence-corrected chi connectivity index (χ4v) is 0.875. The minimum absolute atomic E-state index is 0.0801. The number of hydrogen-bond acceptors (Lipinski definition) is 4. The van der Waals surface area contributed by atoms with Crippen LogP contribution in [0.3, 0.4) is 0 Å². The summed E-state index contributed by atoms with van der Waals surface area (Å²) in [6, 6.07) is 0. The van der Waals surface area contributed by atoms with Crippen molar-refractivity contribution < 1.29 is 17.9 Å². The molecule has 0 aliphatic carbocycles. The van der Waals surface area contributed by atoms with Gasteiger partial charge in [-0.15, -0.1) is 0 Å². The Hall–Kier alpha value is -0.130. The van der Waals surface area contributed by atoms with E-state index in [9.17, 15) is 8.42 Å². The maximum absolute atomic E-state index is 10.6. The van der Waals surface area contributed by atoms with Crippen molar-refractivity contribution in [1.29, 1.82) is 0 Å². The molecule has 0 atom stereocenters. The van der Waals surface area contributed by atoms with E-state index in [2.05, 4.69) is 0 Å². The molecule has 0 N–H and O–H groups in total. The summed E-state index contributed by atoms with van der Waals surface area (Å²) in [4.78, 5) is 0. The standard InChI is InChI=1S/C6H14O4S/c1-9-3-4-10-5-6-11(2,7)8/h3-6H2,1-2H3. The van der Waals surface area contributed by atoms with Gasteiger partial charge in [0.25, 0.3) is 0 Å². The van der Waals surface area contributed by atoms with E-state index in [1.165, 1.54) is 6.26 Å². The molecule has 0 aliphatic rings. The van der Waals surface area contributed by atoms with E-state index in [1.807, 2.05) is 0 Å². The zero-order chi connectivity index (χ0) is 8.74. The Kier molecular flexibility index (Phi) is 5.45. The Labute approximate surface area is 67.4 Å². The van der Waals surface area contributed by atoms with Gasteiger partial charge in [-0.05, 0) is 0 Å². The van der Waals surface area contributed by atoms with Gasteiger partial charge >= 0.3 is 0 Å². The van der Waals surface area contributed by atoms with Gasteiger partial charge in [-0.3, -0.25) is 0 Å². The molecule has 5 heteroatoms. The molecular formula is C6H14O4S. The summed E-state index contributed by atoms with van der Waals surface area (Å²) in [5.74, 6) is 0.0801. The summed E-state index contributed by atoms with van der Waals surface area (Å²) < 4.78 is 30.8. The minimum Gasteiger partial charge on any atom is -0.382 e. The van der Waals surface area contributed by atoms with E-state index in [-0.39, 0.29) is 12.4 Å². The lowest BCUT2D eigenvalue weighted by molar-refractivity contribution is 0.0785. The Bertz CT molecular complexity index is 173. The first-order valence-corrected chi connectivity index (χ1v) is 5.37. The first-order chi connectivity index (χ1) is 5.06. The van der Waals surface area contributed by atoms with Crippen molar-refractivity contribution in [2.45, 2.75) is 0 Å². The van der Waals surface area contributed by atoms with Crippen molar-refractivity contribution in [3.05, 3.63) is 0 Å². The molecule has 0 aromatic carbocycles. The van der Waals surface area contributed by atoms with Crippen molar-refractivity contribution in [3.8, 4) is 0 Å². The van der Waals surface area contributed by atoms with E-state index in [1.54, 1.807) is 7.11 Å². The molecule has 0 aromatic heterocycles. The van der Waals surface area contributed by atoms with Crippen LogP contribution in [0.25, 0.3) is 0 Å². The van der Waals surface area contributed by atoms with Gasteiger partial charge in [0.05, 0.1) is 25.6 Å². The van der Waals surface area contributed by atoms with Crippen molar-refractivity contribution in [1.82, 2.24) is 0 Å². The van der Waals surface area contributed by atoms with Crippen LogP contribution >= 0.6 is 0 Å². The van der Waals surface area contributed by atoms with Gasteiger partial charge in [-0.25, -0.2) is 8.42 Å². The Morgan fingerprint density at radius 1 is 1.18 bits per heavy atom. The lowest BCUT2D eigenvalue weighted by Gasteiger charge is -2.01. The van der Waals surface area contributed by atoms with Gasteiger partial charge in [0.2, 0.25) is 0 Å². The fraction of sp³-hybridized carbons (Fsp3) is 1.00. The summed E-state index contributed by atoms with van der Waals surface area (Å²) >= 11 is 0. The topological polar surface area (TPSA) is 52.6 Å². The normalized spacial score (nSPS) is 11.8. The summed E-state index contributed by atoms with van der Waals surface area (Å²) in [5, 5.41) is 0. The molecule has 0 unspecified atom stereocenters. The zero-order valence-corrected chi connectivity index (χ0v) is 7.69. The lowest BCUT2D eigenvalue weighted by Crippen LogP contribution is -2.12. The molecule has 4 nitrogen and oxygen atoms in total. The molecule has 0 heterocycles. The molecule has 0 spiro atoms. The molecule has 0 aromatic rings. The molecule has 0 aliphatic heterocycles. The number of hydrogen-bond donors (Lipinski definition) is 0. The highest BCUT2D eigenvalue weighted by Crippen LogP contribution is 1.83. The van der Waals surface area contributed by atoms with Crippen LogP contribution in [0.15, 0.2) is 0 Å². The number of ether oxygens (including phenoxy) is 2. The van der Waals surface area contributed by atoms with Crippen LogP contribution in [0, 0.1) is 0 Å². The minimum atomic E-state index is -2.88. The molecule has 0 fully saturated rings. The van der Waals surface area contributed by atoms with Gasteiger partial charge in [0.1, 0.15) is 9.84 Å². The van der Waals surface area contributed by atoms with E-state index < -0.39 is 9.84 Å². The Morgan fingerprint density at radius 2 is 1.82 bits per heavy atom. The highest BCUT2D eigenvalue weighted by Gasteiger charge is 2.00. The molecular weight excluding hydrogens is 168 g/mol. The molecule has 0 amide bonds. The second-order valence-electron chi connectivity index (χ2n) is 2.24. The molecule has 68 valence electrons. The zero-order valence-electron chi connectivity index (χ0n) is 6.87. The van der Waals surface area contributed by atoms with Gasteiger partial charge < -0.3 is 9.47 Å². The van der Waals surface area contributed by atoms with Crippen molar-refractivity contribution in [2.75, 3.05) is 38.9 Å². The molecule has 0 bridgehead atoms. The van der Waals surface area contributed by atoms with E-state index in [0.29, 0.717) is 13.2 Å². The highest BCUT2D eigenvalue weighted by atomic mass is 32.2. The predicted octanol–water partition coefficient (Wildman–Crippen LogP) is -0.306. The second-order valence-corrected chi connectivity index (χ2v) is 4.49. The Morgan fingerprint density at radius 3 is 2.27 bits per heavy atom. The number of methoxy groups -OCH3 is 1. The summed E-state index contributed by atoms with van der Waals surface area (Å²) in [7, 11) is -1.31. The monoisotopic (exact) mass is 182 g/mol. The van der Waals surface area contributed by atoms with Crippen molar-refractivity contribution in [3.63, 3.8) is 0 Å². The van der Waals surface area contributed by atoms with Gasteiger partial charge in [-0.2, -0.15) is 0 Å². The molecule has 11 heavy (non-hydrogen) atoms. The predicted molar refractivity (Wildman–Crippen MR) is 42.4 cm³/mol. The van der Waals surface area contributed by atoms with Crippen LogP contribution in [-0.4, -0.2) is 47.4 Å². The summed E-state index contributed by atoms with van der Waals surface area (Å²) in [6.45, 7) is 1.21. The third kappa shape index (κ3) is 9.87. The van der Waals surface area contributed by atoms with E-state index >= 15 is 0 Å².